The molecule has 0 rings (SSSR count). The Balaban J connectivity index is 3.94. The molecule has 0 saturated heterocycles. The molecular weight excluding hydrogens is 168 g/mol. The maximum absolute atomic E-state index is 11.2. The van der Waals surface area contributed by atoms with E-state index in [0.717, 1.165) is 12.8 Å². The fourth-order valence-corrected chi connectivity index (χ4v) is 0.840. The summed E-state index contributed by atoms with van der Waals surface area (Å²) in [4.78, 5) is 11.2. The van der Waals surface area contributed by atoms with Gasteiger partial charge in [-0.1, -0.05) is 26.0 Å². The van der Waals surface area contributed by atoms with Crippen LogP contribution in [0.3, 0.4) is 0 Å². The van der Waals surface area contributed by atoms with Crippen LogP contribution >= 0.6 is 0 Å². The summed E-state index contributed by atoms with van der Waals surface area (Å²) in [6.07, 6.45) is 3.69. The Labute approximate surface area is 78.9 Å². The van der Waals surface area contributed by atoms with Gasteiger partial charge in [0.2, 0.25) is 0 Å². The van der Waals surface area contributed by atoms with E-state index in [1.807, 2.05) is 6.92 Å². The van der Waals surface area contributed by atoms with Crippen molar-refractivity contribution >= 4 is 5.97 Å². The highest BCUT2D eigenvalue weighted by atomic mass is 16.5. The van der Waals surface area contributed by atoms with Gasteiger partial charge in [0.15, 0.2) is 5.66 Å². The fourth-order valence-electron chi connectivity index (χ4n) is 0.840. The Bertz CT molecular complexity index is 178. The Hall–Kier alpha value is -0.870. The molecule has 0 aliphatic rings. The normalized spacial score (nSPS) is 11.0. The third kappa shape index (κ3) is 4.65. The van der Waals surface area contributed by atoms with E-state index < -0.39 is 11.6 Å². The van der Waals surface area contributed by atoms with Crippen molar-refractivity contribution in [2.75, 3.05) is 6.61 Å². The Kier molecular flexibility index (Phi) is 5.34. The van der Waals surface area contributed by atoms with Crippen molar-refractivity contribution < 1.29 is 9.53 Å². The van der Waals surface area contributed by atoms with Crippen molar-refractivity contribution in [3.8, 4) is 0 Å². The van der Waals surface area contributed by atoms with Crippen LogP contribution in [0.25, 0.3) is 0 Å². The Morgan fingerprint density at radius 1 is 1.62 bits per heavy atom. The number of unbranched alkanes of at least 4 members (excludes halogenated alkanes) is 1. The van der Waals surface area contributed by atoms with E-state index in [0.29, 0.717) is 6.42 Å². The van der Waals surface area contributed by atoms with Gasteiger partial charge < -0.3 is 16.2 Å². The smallest absolute Gasteiger partial charge is 0.341 e. The van der Waals surface area contributed by atoms with Crippen LogP contribution in [0.2, 0.25) is 0 Å². The molecule has 0 spiro atoms. The zero-order valence-corrected chi connectivity index (χ0v) is 8.08. The molecule has 76 valence electrons. The lowest BCUT2D eigenvalue weighted by atomic mass is 10.1. The molecule has 0 unspecified atom stereocenters. The van der Waals surface area contributed by atoms with Crippen LogP contribution in [-0.2, 0) is 9.53 Å². The highest BCUT2D eigenvalue weighted by Crippen LogP contribution is 2.07. The minimum atomic E-state index is -1.35. The number of rotatable bonds is 6. The Morgan fingerprint density at radius 3 is 2.69 bits per heavy atom. The molecule has 0 aromatic rings. The molecule has 4 N–H and O–H groups in total. The zero-order chi connectivity index (χ0) is 10.3. The summed E-state index contributed by atoms with van der Waals surface area (Å²) in [7, 11) is 0. The zero-order valence-electron chi connectivity index (χ0n) is 8.08. The summed E-state index contributed by atoms with van der Waals surface area (Å²) < 4.78 is 4.75. The molecule has 0 fully saturated rings. The molecule has 0 aromatic heterocycles. The van der Waals surface area contributed by atoms with Gasteiger partial charge in [-0.05, 0) is 12.8 Å². The second-order valence-corrected chi connectivity index (χ2v) is 3.03. The minimum Gasteiger partial charge on any atom is -0.459 e. The number of carbonyl (C=O) groups excluding carboxylic acids is 1. The number of ether oxygens (including phenoxy) is 1. The molecule has 0 aliphatic carbocycles. The lowest BCUT2D eigenvalue weighted by Gasteiger charge is -2.21. The minimum absolute atomic E-state index is 0.154. The van der Waals surface area contributed by atoms with E-state index in [2.05, 4.69) is 6.58 Å². The fraction of sp³-hybridized carbons (Fsp3) is 0.667. The van der Waals surface area contributed by atoms with Gasteiger partial charge in [-0.3, -0.25) is 0 Å². The molecule has 4 nitrogen and oxygen atoms in total. The highest BCUT2D eigenvalue weighted by molar-refractivity contribution is 5.79. The first-order valence-electron chi connectivity index (χ1n) is 4.40. The van der Waals surface area contributed by atoms with Crippen LogP contribution in [0, 0.1) is 0 Å². The van der Waals surface area contributed by atoms with Gasteiger partial charge in [0, 0.05) is 0 Å². The largest absolute Gasteiger partial charge is 0.459 e. The molecular formula is C9H18N2O2. The number of hydrogen-bond donors (Lipinski definition) is 2. The molecule has 4 heteroatoms. The summed E-state index contributed by atoms with van der Waals surface area (Å²) in [6.45, 7) is 5.58. The van der Waals surface area contributed by atoms with E-state index in [1.165, 1.54) is 6.08 Å². The summed E-state index contributed by atoms with van der Waals surface area (Å²) in [5, 5.41) is 0. The van der Waals surface area contributed by atoms with Crippen molar-refractivity contribution in [2.24, 2.45) is 11.5 Å². The van der Waals surface area contributed by atoms with Gasteiger partial charge in [-0.2, -0.15) is 0 Å². The first-order valence-corrected chi connectivity index (χ1v) is 4.40. The first-order chi connectivity index (χ1) is 6.04. The van der Waals surface area contributed by atoms with Gasteiger partial charge in [-0.25, -0.2) is 4.79 Å². The standard InChI is InChI=1S/C9H18N2O2/c1-3-5-6-9(10,11)8(12)13-7-4-2/h4H,2-3,5-7,10-11H2,1H3. The van der Waals surface area contributed by atoms with E-state index >= 15 is 0 Å². The van der Waals surface area contributed by atoms with Crippen LogP contribution in [0.15, 0.2) is 12.7 Å². The maximum Gasteiger partial charge on any atom is 0.341 e. The molecule has 0 atom stereocenters. The van der Waals surface area contributed by atoms with Crippen molar-refractivity contribution in [3.63, 3.8) is 0 Å². The third-order valence-corrected chi connectivity index (χ3v) is 1.66. The molecule has 0 aliphatic heterocycles. The monoisotopic (exact) mass is 186 g/mol. The molecule has 13 heavy (non-hydrogen) atoms. The van der Waals surface area contributed by atoms with Crippen LogP contribution in [0.4, 0.5) is 0 Å². The highest BCUT2D eigenvalue weighted by Gasteiger charge is 2.29. The van der Waals surface area contributed by atoms with Gasteiger partial charge in [0.1, 0.15) is 6.61 Å². The second-order valence-electron chi connectivity index (χ2n) is 3.03. The lowest BCUT2D eigenvalue weighted by molar-refractivity contribution is -0.149. The number of esters is 1. The van der Waals surface area contributed by atoms with Crippen LogP contribution in [0.1, 0.15) is 26.2 Å². The van der Waals surface area contributed by atoms with Crippen molar-refractivity contribution in [2.45, 2.75) is 31.8 Å². The quantitative estimate of drug-likeness (QED) is 0.360. The molecule has 0 bridgehead atoms. The van der Waals surface area contributed by atoms with Crippen molar-refractivity contribution in [1.29, 1.82) is 0 Å². The number of nitrogens with two attached hydrogens (primary N) is 2. The number of hydrogen-bond acceptors (Lipinski definition) is 4. The summed E-state index contributed by atoms with van der Waals surface area (Å²) >= 11 is 0. The van der Waals surface area contributed by atoms with Crippen molar-refractivity contribution in [1.82, 2.24) is 0 Å². The summed E-state index contributed by atoms with van der Waals surface area (Å²) in [6, 6.07) is 0. The van der Waals surface area contributed by atoms with Gasteiger partial charge in [-0.15, -0.1) is 0 Å². The molecule has 0 radical (unpaired) electrons. The van der Waals surface area contributed by atoms with E-state index in [1.54, 1.807) is 0 Å². The molecule has 0 amide bonds. The predicted molar refractivity (Wildman–Crippen MR) is 51.8 cm³/mol. The van der Waals surface area contributed by atoms with Gasteiger partial charge in [0.25, 0.3) is 0 Å². The average molecular weight is 186 g/mol. The lowest BCUT2D eigenvalue weighted by Crippen LogP contribution is -2.57. The summed E-state index contributed by atoms with van der Waals surface area (Å²) in [5.74, 6) is -0.569. The third-order valence-electron chi connectivity index (χ3n) is 1.66. The first kappa shape index (κ1) is 12.1. The second kappa shape index (κ2) is 5.72. The van der Waals surface area contributed by atoms with E-state index in [9.17, 15) is 4.79 Å². The summed E-state index contributed by atoms with van der Waals surface area (Å²) in [5.41, 5.74) is 9.76. The number of carbonyl (C=O) groups is 1. The average Bonchev–Trinajstić information content (AvgIpc) is 2.10. The van der Waals surface area contributed by atoms with Gasteiger partial charge >= 0.3 is 5.97 Å². The van der Waals surface area contributed by atoms with Crippen LogP contribution < -0.4 is 11.5 Å². The maximum atomic E-state index is 11.2. The van der Waals surface area contributed by atoms with Crippen LogP contribution in [0.5, 0.6) is 0 Å². The van der Waals surface area contributed by atoms with Gasteiger partial charge in [0.05, 0.1) is 0 Å². The molecule has 0 heterocycles. The topological polar surface area (TPSA) is 78.3 Å². The Morgan fingerprint density at radius 2 is 2.23 bits per heavy atom. The van der Waals surface area contributed by atoms with Crippen molar-refractivity contribution in [3.05, 3.63) is 12.7 Å². The van der Waals surface area contributed by atoms with E-state index in [4.69, 9.17) is 16.2 Å². The molecule has 0 aromatic carbocycles. The van der Waals surface area contributed by atoms with Crippen LogP contribution in [-0.4, -0.2) is 18.2 Å². The SMILES string of the molecule is C=CCOC(=O)C(N)(N)CCCC. The predicted octanol–water partition coefficient (Wildman–Crippen LogP) is 0.519. The van der Waals surface area contributed by atoms with E-state index in [-0.39, 0.29) is 6.61 Å². The molecule has 0 saturated carbocycles.